The Bertz CT molecular complexity index is 1260. The molecule has 0 saturated carbocycles. The Labute approximate surface area is 193 Å². The predicted molar refractivity (Wildman–Crippen MR) is 121 cm³/mol. The number of ether oxygens (including phenoxy) is 2. The SMILES string of the molecule is CCCN(Cc1nnc(-c2cccs2)o1)C(=O)COC(=O)c1oc2ccc(OC)cc2c1C. The zero-order chi connectivity index (χ0) is 23.4. The highest BCUT2D eigenvalue weighted by atomic mass is 32.1. The molecule has 0 atom stereocenters. The van der Waals surface area contributed by atoms with E-state index in [9.17, 15) is 9.59 Å². The number of carbonyl (C=O) groups excluding carboxylic acids is 2. The van der Waals surface area contributed by atoms with Gasteiger partial charge >= 0.3 is 5.97 Å². The minimum Gasteiger partial charge on any atom is -0.497 e. The number of amides is 1. The van der Waals surface area contributed by atoms with Crippen molar-refractivity contribution in [2.45, 2.75) is 26.8 Å². The number of aryl methyl sites for hydroxylation is 1. The highest BCUT2D eigenvalue weighted by Gasteiger charge is 2.23. The first-order valence-electron chi connectivity index (χ1n) is 10.4. The lowest BCUT2D eigenvalue weighted by Gasteiger charge is -2.19. The van der Waals surface area contributed by atoms with E-state index in [1.807, 2.05) is 24.4 Å². The molecule has 0 aliphatic rings. The minimum atomic E-state index is -0.703. The lowest BCUT2D eigenvalue weighted by Crippen LogP contribution is -2.35. The van der Waals surface area contributed by atoms with E-state index in [1.165, 1.54) is 16.2 Å². The molecule has 0 spiro atoms. The molecule has 1 aromatic carbocycles. The molecule has 0 N–H and O–H groups in total. The maximum Gasteiger partial charge on any atom is 0.375 e. The number of hydrogen-bond donors (Lipinski definition) is 0. The van der Waals surface area contributed by atoms with Crippen molar-refractivity contribution >= 4 is 34.2 Å². The summed E-state index contributed by atoms with van der Waals surface area (Å²) < 4.78 is 21.8. The summed E-state index contributed by atoms with van der Waals surface area (Å²) in [6, 6.07) is 9.03. The molecule has 0 aliphatic heterocycles. The Morgan fingerprint density at radius 1 is 1.18 bits per heavy atom. The molecule has 172 valence electrons. The summed E-state index contributed by atoms with van der Waals surface area (Å²) in [6.45, 7) is 3.87. The number of nitrogens with zero attached hydrogens (tertiary/aromatic N) is 3. The van der Waals surface area contributed by atoms with Crippen LogP contribution in [0, 0.1) is 6.92 Å². The van der Waals surface area contributed by atoms with Crippen molar-refractivity contribution < 1.29 is 27.9 Å². The van der Waals surface area contributed by atoms with E-state index in [2.05, 4.69) is 10.2 Å². The van der Waals surface area contributed by atoms with Crippen molar-refractivity contribution in [2.75, 3.05) is 20.3 Å². The summed E-state index contributed by atoms with van der Waals surface area (Å²) in [5.74, 6) is 0.369. The van der Waals surface area contributed by atoms with E-state index < -0.39 is 12.6 Å². The predicted octanol–water partition coefficient (Wildman–Crippen LogP) is 4.46. The third-order valence-corrected chi connectivity index (χ3v) is 5.88. The molecule has 4 aromatic rings. The average Bonchev–Trinajstić information content (AvgIpc) is 3.57. The van der Waals surface area contributed by atoms with E-state index in [1.54, 1.807) is 32.2 Å². The molecule has 0 aliphatic carbocycles. The molecule has 3 aromatic heterocycles. The Morgan fingerprint density at radius 3 is 2.76 bits per heavy atom. The van der Waals surface area contributed by atoms with Crippen LogP contribution in [0.25, 0.3) is 21.7 Å². The quantitative estimate of drug-likeness (QED) is 0.331. The van der Waals surface area contributed by atoms with E-state index in [4.69, 9.17) is 18.3 Å². The Kier molecular flexibility index (Phi) is 6.74. The maximum absolute atomic E-state index is 12.8. The van der Waals surface area contributed by atoms with Crippen molar-refractivity contribution in [3.05, 3.63) is 52.9 Å². The largest absolute Gasteiger partial charge is 0.497 e. The first kappa shape index (κ1) is 22.5. The molecule has 33 heavy (non-hydrogen) atoms. The van der Waals surface area contributed by atoms with Crippen molar-refractivity contribution in [1.29, 1.82) is 0 Å². The number of benzene rings is 1. The van der Waals surface area contributed by atoms with Gasteiger partial charge in [-0.1, -0.05) is 13.0 Å². The Hall–Kier alpha value is -3.66. The topological polar surface area (TPSA) is 108 Å². The second-order valence-electron chi connectivity index (χ2n) is 7.29. The fraction of sp³-hybridized carbons (Fsp3) is 0.304. The number of methoxy groups -OCH3 is 1. The number of carbonyl (C=O) groups is 2. The molecule has 0 radical (unpaired) electrons. The third kappa shape index (κ3) is 4.90. The van der Waals surface area contributed by atoms with Gasteiger partial charge in [-0.3, -0.25) is 4.79 Å². The van der Waals surface area contributed by atoms with Gasteiger partial charge in [-0.05, 0) is 43.0 Å². The maximum atomic E-state index is 12.8. The first-order valence-corrected chi connectivity index (χ1v) is 11.3. The number of aromatic nitrogens is 2. The number of thiophene rings is 1. The van der Waals surface area contributed by atoms with Crippen LogP contribution in [-0.4, -0.2) is 47.2 Å². The van der Waals surface area contributed by atoms with Gasteiger partial charge in [0, 0.05) is 17.5 Å². The highest BCUT2D eigenvalue weighted by molar-refractivity contribution is 7.13. The van der Waals surface area contributed by atoms with Crippen LogP contribution in [0.2, 0.25) is 0 Å². The summed E-state index contributed by atoms with van der Waals surface area (Å²) in [4.78, 5) is 27.8. The minimum absolute atomic E-state index is 0.0607. The van der Waals surface area contributed by atoms with Gasteiger partial charge in [0.15, 0.2) is 6.61 Å². The van der Waals surface area contributed by atoms with Crippen molar-refractivity contribution in [3.8, 4) is 16.5 Å². The Balaban J connectivity index is 1.41. The molecule has 0 bridgehead atoms. The van der Waals surface area contributed by atoms with E-state index in [-0.39, 0.29) is 18.2 Å². The van der Waals surface area contributed by atoms with Gasteiger partial charge in [-0.25, -0.2) is 4.79 Å². The number of hydrogen-bond acceptors (Lipinski definition) is 9. The summed E-state index contributed by atoms with van der Waals surface area (Å²) in [7, 11) is 1.57. The normalized spacial score (nSPS) is 11.0. The standard InChI is InChI=1S/C23H23N3O6S/c1-4-9-26(12-19-24-25-22(32-19)18-6-5-10-33-18)20(27)13-30-23(28)21-14(2)16-11-15(29-3)7-8-17(16)31-21/h5-8,10-11H,4,9,12-13H2,1-3H3. The summed E-state index contributed by atoms with van der Waals surface area (Å²) >= 11 is 1.49. The van der Waals surface area contributed by atoms with E-state index in [0.717, 1.165) is 16.7 Å². The van der Waals surface area contributed by atoms with Crippen LogP contribution in [-0.2, 0) is 16.1 Å². The fourth-order valence-electron chi connectivity index (χ4n) is 3.35. The monoisotopic (exact) mass is 469 g/mol. The smallest absolute Gasteiger partial charge is 0.375 e. The third-order valence-electron chi connectivity index (χ3n) is 5.03. The van der Waals surface area contributed by atoms with Gasteiger partial charge in [0.2, 0.25) is 11.7 Å². The summed E-state index contributed by atoms with van der Waals surface area (Å²) in [6.07, 6.45) is 0.718. The van der Waals surface area contributed by atoms with Crippen LogP contribution in [0.1, 0.15) is 35.4 Å². The van der Waals surface area contributed by atoms with Gasteiger partial charge in [-0.2, -0.15) is 0 Å². The molecule has 10 heteroatoms. The zero-order valence-electron chi connectivity index (χ0n) is 18.5. The fourth-order valence-corrected chi connectivity index (χ4v) is 3.99. The summed E-state index contributed by atoms with van der Waals surface area (Å²) in [5, 5.41) is 10.7. The first-order chi connectivity index (χ1) is 16.0. The molecular formula is C23H23N3O6S. The van der Waals surface area contributed by atoms with Crippen LogP contribution in [0.5, 0.6) is 5.75 Å². The zero-order valence-corrected chi connectivity index (χ0v) is 19.3. The molecule has 0 saturated heterocycles. The molecular weight excluding hydrogens is 446 g/mol. The lowest BCUT2D eigenvalue weighted by atomic mass is 10.1. The van der Waals surface area contributed by atoms with E-state index >= 15 is 0 Å². The van der Waals surface area contributed by atoms with Crippen molar-refractivity contribution in [1.82, 2.24) is 15.1 Å². The average molecular weight is 470 g/mol. The van der Waals surface area contributed by atoms with Crippen LogP contribution in [0.15, 0.2) is 44.5 Å². The number of furan rings is 1. The van der Waals surface area contributed by atoms with Crippen LogP contribution < -0.4 is 4.74 Å². The highest BCUT2D eigenvalue weighted by Crippen LogP contribution is 2.29. The van der Waals surface area contributed by atoms with E-state index in [0.29, 0.717) is 35.2 Å². The second kappa shape index (κ2) is 9.86. The second-order valence-corrected chi connectivity index (χ2v) is 8.24. The van der Waals surface area contributed by atoms with Gasteiger partial charge in [0.05, 0.1) is 18.5 Å². The lowest BCUT2D eigenvalue weighted by molar-refractivity contribution is -0.135. The van der Waals surface area contributed by atoms with Crippen molar-refractivity contribution in [3.63, 3.8) is 0 Å². The van der Waals surface area contributed by atoms with Crippen LogP contribution in [0.3, 0.4) is 0 Å². The molecule has 0 fully saturated rings. The van der Waals surface area contributed by atoms with Crippen LogP contribution >= 0.6 is 11.3 Å². The molecule has 3 heterocycles. The van der Waals surface area contributed by atoms with Gasteiger partial charge in [-0.15, -0.1) is 21.5 Å². The number of fused-ring (bicyclic) bond motifs is 1. The van der Waals surface area contributed by atoms with Crippen molar-refractivity contribution in [2.24, 2.45) is 0 Å². The Morgan fingerprint density at radius 2 is 2.03 bits per heavy atom. The molecule has 0 unspecified atom stereocenters. The van der Waals surface area contributed by atoms with Gasteiger partial charge < -0.3 is 23.2 Å². The molecule has 4 rings (SSSR count). The van der Waals surface area contributed by atoms with Gasteiger partial charge in [0.1, 0.15) is 11.3 Å². The number of rotatable bonds is 9. The molecule has 9 nitrogen and oxygen atoms in total. The summed E-state index contributed by atoms with van der Waals surface area (Å²) in [5.41, 5.74) is 1.16. The molecule has 1 amide bonds. The van der Waals surface area contributed by atoms with Gasteiger partial charge in [0.25, 0.3) is 11.8 Å². The number of esters is 1. The van der Waals surface area contributed by atoms with Crippen LogP contribution in [0.4, 0.5) is 0 Å².